The fraction of sp³-hybridized carbons (Fsp3) is 0.467. The van der Waals surface area contributed by atoms with Crippen LogP contribution in [0.2, 0.25) is 0 Å². The van der Waals surface area contributed by atoms with Gasteiger partial charge in [0.15, 0.2) is 0 Å². The Labute approximate surface area is 181 Å². The van der Waals surface area contributed by atoms with Crippen LogP contribution in [0, 0.1) is 46.3 Å². The minimum atomic E-state index is 0.510. The van der Waals surface area contributed by atoms with Crippen molar-refractivity contribution in [1.82, 2.24) is 0 Å². The quantitative estimate of drug-likeness (QED) is 0.505. The van der Waals surface area contributed by atoms with Gasteiger partial charge in [-0.1, -0.05) is 85.0 Å². The summed E-state index contributed by atoms with van der Waals surface area (Å²) in [6, 6.07) is 21.9. The molecule has 7 saturated carbocycles. The van der Waals surface area contributed by atoms with Crippen molar-refractivity contribution in [2.75, 3.05) is 0 Å². The van der Waals surface area contributed by atoms with Crippen molar-refractivity contribution in [2.24, 2.45) is 46.3 Å². The first kappa shape index (κ1) is 17.6. The molecule has 152 valence electrons. The molecule has 0 N–H and O–H groups in total. The largest absolute Gasteiger partial charge is 0.0777 e. The first-order chi connectivity index (χ1) is 14.7. The average molecular weight is 393 g/mol. The first-order valence-corrected chi connectivity index (χ1v) is 12.2. The van der Waals surface area contributed by atoms with E-state index in [0.29, 0.717) is 10.8 Å². The Morgan fingerprint density at radius 3 is 1.07 bits per heavy atom. The molecule has 0 nitrogen and oxygen atoms in total. The summed E-state index contributed by atoms with van der Waals surface area (Å²) in [5.41, 5.74) is 3.77. The lowest BCUT2D eigenvalue weighted by molar-refractivity contribution is -0.237. The van der Waals surface area contributed by atoms with E-state index in [1.54, 1.807) is 0 Å². The molecule has 30 heavy (non-hydrogen) atoms. The molecular formula is C30H32. The van der Waals surface area contributed by atoms with E-state index in [9.17, 15) is 0 Å². The van der Waals surface area contributed by atoms with Crippen LogP contribution in [0.5, 0.6) is 0 Å². The molecule has 0 saturated heterocycles. The van der Waals surface area contributed by atoms with Gasteiger partial charge in [-0.2, -0.15) is 0 Å². The number of rotatable bonds is 4. The molecule has 0 heterocycles. The SMILES string of the molecule is C(=CC12CC3C4CC5(C=Cc6ccccc6)CC3C(C1)C(C5)C4C2)c1ccccc1. The number of hydrogen-bond donors (Lipinski definition) is 0. The molecule has 0 heteroatoms. The summed E-state index contributed by atoms with van der Waals surface area (Å²) in [5.74, 6) is 6.07. The lowest BCUT2D eigenvalue weighted by Gasteiger charge is -2.74. The van der Waals surface area contributed by atoms with E-state index in [1.807, 2.05) is 0 Å². The Kier molecular flexibility index (Phi) is 3.65. The van der Waals surface area contributed by atoms with Crippen molar-refractivity contribution in [3.05, 3.63) is 83.9 Å². The van der Waals surface area contributed by atoms with Gasteiger partial charge in [-0.15, -0.1) is 0 Å². The van der Waals surface area contributed by atoms with Crippen LogP contribution in [-0.2, 0) is 0 Å². The molecule has 0 atom stereocenters. The van der Waals surface area contributed by atoms with E-state index in [2.05, 4.69) is 85.0 Å². The molecule has 0 spiro atoms. The molecule has 0 aliphatic heterocycles. The zero-order valence-corrected chi connectivity index (χ0v) is 17.8. The maximum Gasteiger partial charge on any atom is -0.0106 e. The predicted octanol–water partition coefficient (Wildman–Crippen LogP) is 7.49. The van der Waals surface area contributed by atoms with Crippen LogP contribution in [0.15, 0.2) is 72.8 Å². The van der Waals surface area contributed by atoms with Crippen LogP contribution in [0.3, 0.4) is 0 Å². The van der Waals surface area contributed by atoms with Gasteiger partial charge in [0.2, 0.25) is 0 Å². The second kappa shape index (κ2) is 6.22. The molecule has 7 fully saturated rings. The summed E-state index contributed by atoms with van der Waals surface area (Å²) in [5, 5.41) is 0. The molecular weight excluding hydrogens is 360 g/mol. The molecule has 9 rings (SSSR count). The minimum absolute atomic E-state index is 0.510. The molecule has 7 aliphatic rings. The fourth-order valence-electron chi connectivity index (χ4n) is 9.12. The zero-order chi connectivity index (χ0) is 19.8. The third-order valence-corrected chi connectivity index (χ3v) is 10.0. The standard InChI is InChI=1S/C30H32/c1-3-7-21(8-4-1)11-13-29-15-23-26-18-30(14-12-22-9-5-2-6-10-22)19-27(23)25(17-29)28(20-30)24(26)16-29/h1-14,23-28H,15-20H2. The Balaban J connectivity index is 1.17. The topological polar surface area (TPSA) is 0 Å². The van der Waals surface area contributed by atoms with E-state index < -0.39 is 0 Å². The lowest BCUT2D eigenvalue weighted by Crippen LogP contribution is -2.67. The lowest BCUT2D eigenvalue weighted by atomic mass is 9.30. The highest BCUT2D eigenvalue weighted by atomic mass is 14.7. The number of allylic oxidation sites excluding steroid dienone is 2. The molecule has 7 aliphatic carbocycles. The van der Waals surface area contributed by atoms with Crippen LogP contribution in [-0.4, -0.2) is 0 Å². The van der Waals surface area contributed by atoms with Crippen molar-refractivity contribution >= 4 is 12.2 Å². The highest BCUT2D eigenvalue weighted by molar-refractivity contribution is 5.51. The smallest absolute Gasteiger partial charge is 0.0106 e. The fourth-order valence-corrected chi connectivity index (χ4v) is 9.12. The molecule has 0 amide bonds. The van der Waals surface area contributed by atoms with E-state index in [1.165, 1.54) is 49.7 Å². The van der Waals surface area contributed by atoms with Gasteiger partial charge in [0.05, 0.1) is 0 Å². The Hall–Kier alpha value is -2.08. The second-order valence-corrected chi connectivity index (χ2v) is 11.4. The van der Waals surface area contributed by atoms with Crippen molar-refractivity contribution in [3.63, 3.8) is 0 Å². The van der Waals surface area contributed by atoms with Crippen molar-refractivity contribution < 1.29 is 0 Å². The van der Waals surface area contributed by atoms with Gasteiger partial charge in [0, 0.05) is 0 Å². The van der Waals surface area contributed by atoms with Crippen LogP contribution < -0.4 is 0 Å². The molecule has 8 bridgehead atoms. The summed E-state index contributed by atoms with van der Waals surface area (Å²) >= 11 is 0. The summed E-state index contributed by atoms with van der Waals surface area (Å²) < 4.78 is 0. The van der Waals surface area contributed by atoms with Crippen LogP contribution in [0.1, 0.15) is 49.7 Å². The predicted molar refractivity (Wildman–Crippen MR) is 124 cm³/mol. The van der Waals surface area contributed by atoms with Crippen LogP contribution >= 0.6 is 0 Å². The number of benzene rings is 2. The van der Waals surface area contributed by atoms with E-state index in [0.717, 1.165) is 35.5 Å². The molecule has 0 unspecified atom stereocenters. The molecule has 0 aromatic heterocycles. The van der Waals surface area contributed by atoms with Crippen LogP contribution in [0.4, 0.5) is 0 Å². The summed E-state index contributed by atoms with van der Waals surface area (Å²) in [4.78, 5) is 0. The van der Waals surface area contributed by atoms with Gasteiger partial charge >= 0.3 is 0 Å². The van der Waals surface area contributed by atoms with Crippen molar-refractivity contribution in [1.29, 1.82) is 0 Å². The minimum Gasteiger partial charge on any atom is -0.0777 e. The first-order valence-electron chi connectivity index (χ1n) is 12.2. The molecule has 2 aromatic rings. The Bertz CT molecular complexity index is 848. The van der Waals surface area contributed by atoms with E-state index in [4.69, 9.17) is 0 Å². The molecule has 0 radical (unpaired) electrons. The van der Waals surface area contributed by atoms with Crippen molar-refractivity contribution in [2.45, 2.75) is 38.5 Å². The highest BCUT2D eigenvalue weighted by Gasteiger charge is 2.69. The number of hydrogen-bond acceptors (Lipinski definition) is 0. The Morgan fingerprint density at radius 1 is 0.467 bits per heavy atom. The monoisotopic (exact) mass is 392 g/mol. The van der Waals surface area contributed by atoms with Gasteiger partial charge < -0.3 is 0 Å². The highest BCUT2D eigenvalue weighted by Crippen LogP contribution is 2.77. The average Bonchev–Trinajstić information content (AvgIpc) is 2.81. The maximum atomic E-state index is 2.66. The van der Waals surface area contributed by atoms with Gasteiger partial charge in [-0.25, -0.2) is 0 Å². The third-order valence-electron chi connectivity index (χ3n) is 10.0. The van der Waals surface area contributed by atoms with Gasteiger partial charge in [0.1, 0.15) is 0 Å². The zero-order valence-electron chi connectivity index (χ0n) is 17.8. The van der Waals surface area contributed by atoms with Gasteiger partial charge in [0.25, 0.3) is 0 Å². The summed E-state index contributed by atoms with van der Waals surface area (Å²) in [6.07, 6.45) is 19.1. The normalized spacial score (nSPS) is 45.2. The Morgan fingerprint density at radius 2 is 0.767 bits per heavy atom. The summed E-state index contributed by atoms with van der Waals surface area (Å²) in [7, 11) is 0. The van der Waals surface area contributed by atoms with Gasteiger partial charge in [-0.3, -0.25) is 0 Å². The molecule has 2 aromatic carbocycles. The third kappa shape index (κ3) is 2.52. The van der Waals surface area contributed by atoms with Gasteiger partial charge in [-0.05, 0) is 96.0 Å². The maximum absolute atomic E-state index is 2.66. The summed E-state index contributed by atoms with van der Waals surface area (Å²) in [6.45, 7) is 0. The van der Waals surface area contributed by atoms with Crippen LogP contribution in [0.25, 0.3) is 12.2 Å². The van der Waals surface area contributed by atoms with E-state index in [-0.39, 0.29) is 0 Å². The second-order valence-electron chi connectivity index (χ2n) is 11.4. The van der Waals surface area contributed by atoms with Crippen molar-refractivity contribution in [3.8, 4) is 0 Å². The van der Waals surface area contributed by atoms with E-state index >= 15 is 0 Å².